The second kappa shape index (κ2) is 8.61. The summed E-state index contributed by atoms with van der Waals surface area (Å²) in [6, 6.07) is 13.8. The highest BCUT2D eigenvalue weighted by atomic mass is 16.2. The third kappa shape index (κ3) is 3.91. The predicted molar refractivity (Wildman–Crippen MR) is 130 cm³/mol. The molecule has 8 heteroatoms. The van der Waals surface area contributed by atoms with Crippen LogP contribution in [0.4, 0.5) is 0 Å². The van der Waals surface area contributed by atoms with E-state index >= 15 is 0 Å². The van der Waals surface area contributed by atoms with Gasteiger partial charge in [0, 0.05) is 25.6 Å². The summed E-state index contributed by atoms with van der Waals surface area (Å²) < 4.78 is 2.19. The second-order valence-electron chi connectivity index (χ2n) is 9.94. The van der Waals surface area contributed by atoms with Crippen LogP contribution in [0.3, 0.4) is 0 Å². The number of para-hydroxylation sites is 2. The largest absolute Gasteiger partial charge is 0.330 e. The summed E-state index contributed by atoms with van der Waals surface area (Å²) >= 11 is 0. The van der Waals surface area contributed by atoms with E-state index in [1.54, 1.807) is 4.90 Å². The Kier molecular flexibility index (Phi) is 5.40. The van der Waals surface area contributed by atoms with Gasteiger partial charge in [0.15, 0.2) is 0 Å². The van der Waals surface area contributed by atoms with Crippen molar-refractivity contribution in [3.63, 3.8) is 0 Å². The Morgan fingerprint density at radius 1 is 1.03 bits per heavy atom. The smallest absolute Gasteiger partial charge is 0.255 e. The minimum absolute atomic E-state index is 0.113. The van der Waals surface area contributed by atoms with Gasteiger partial charge in [-0.1, -0.05) is 24.3 Å². The number of fused-ring (bicyclic) bond motifs is 2. The number of aryl methyl sites for hydroxylation is 1. The first-order valence-electron chi connectivity index (χ1n) is 12.4. The highest BCUT2D eigenvalue weighted by Crippen LogP contribution is 2.34. The number of rotatable bonds is 4. The van der Waals surface area contributed by atoms with Crippen LogP contribution in [0.15, 0.2) is 42.5 Å². The molecule has 1 aromatic heterocycles. The van der Waals surface area contributed by atoms with Crippen molar-refractivity contribution in [1.82, 2.24) is 24.7 Å². The normalized spacial score (nSPS) is 21.6. The molecule has 8 nitrogen and oxygen atoms in total. The summed E-state index contributed by atoms with van der Waals surface area (Å²) in [5, 5.41) is 2.37. The molecule has 1 unspecified atom stereocenters. The van der Waals surface area contributed by atoms with Gasteiger partial charge in [0.25, 0.3) is 5.91 Å². The highest BCUT2D eigenvalue weighted by molar-refractivity contribution is 6.05. The van der Waals surface area contributed by atoms with Gasteiger partial charge in [-0.25, -0.2) is 4.98 Å². The Balaban J connectivity index is 1.11. The van der Waals surface area contributed by atoms with Crippen LogP contribution in [0.1, 0.15) is 58.9 Å². The van der Waals surface area contributed by atoms with Crippen molar-refractivity contribution in [3.05, 3.63) is 65.0 Å². The lowest BCUT2D eigenvalue weighted by atomic mass is 9.88. The molecule has 0 aliphatic carbocycles. The number of benzene rings is 2. The van der Waals surface area contributed by atoms with Crippen LogP contribution in [0, 0.1) is 0 Å². The fourth-order valence-corrected chi connectivity index (χ4v) is 5.81. The van der Waals surface area contributed by atoms with E-state index in [0.717, 1.165) is 54.9 Å². The van der Waals surface area contributed by atoms with E-state index in [9.17, 15) is 14.4 Å². The fraction of sp³-hybridized carbons (Fsp3) is 0.407. The number of hydrogen-bond donors (Lipinski definition) is 1. The van der Waals surface area contributed by atoms with Crippen LogP contribution < -0.4 is 5.32 Å². The van der Waals surface area contributed by atoms with Crippen LogP contribution in [0.25, 0.3) is 11.0 Å². The van der Waals surface area contributed by atoms with Crippen LogP contribution in [-0.2, 0) is 29.7 Å². The second-order valence-corrected chi connectivity index (χ2v) is 9.94. The van der Waals surface area contributed by atoms with Gasteiger partial charge in [0.2, 0.25) is 11.8 Å². The molecule has 1 atom stereocenters. The molecular weight excluding hydrogens is 442 g/mol. The Bertz CT molecular complexity index is 1340. The molecule has 4 heterocycles. The molecule has 0 radical (unpaired) electrons. The zero-order valence-electron chi connectivity index (χ0n) is 19.9. The summed E-state index contributed by atoms with van der Waals surface area (Å²) in [7, 11) is 2.08. The topological polar surface area (TPSA) is 87.5 Å². The van der Waals surface area contributed by atoms with Gasteiger partial charge >= 0.3 is 0 Å². The molecule has 2 aromatic carbocycles. The van der Waals surface area contributed by atoms with E-state index < -0.39 is 6.04 Å². The Morgan fingerprint density at radius 2 is 1.83 bits per heavy atom. The van der Waals surface area contributed by atoms with Crippen molar-refractivity contribution in [3.8, 4) is 0 Å². The molecule has 1 N–H and O–H groups in total. The van der Waals surface area contributed by atoms with Crippen molar-refractivity contribution in [2.45, 2.75) is 50.7 Å². The number of likely N-dealkylation sites (tertiary alicyclic amines) is 1. The highest BCUT2D eigenvalue weighted by Gasteiger charge is 2.39. The maximum atomic E-state index is 13.0. The van der Waals surface area contributed by atoms with E-state index in [0.29, 0.717) is 24.4 Å². The van der Waals surface area contributed by atoms with Gasteiger partial charge in [0.05, 0.1) is 17.6 Å². The SMILES string of the molecule is Cn1c(CN2CCC(c3ccc4c(c3)CN(C3CCC(=O)NC3=O)C4=O)CC2)nc2ccccc21. The van der Waals surface area contributed by atoms with E-state index in [-0.39, 0.29) is 24.1 Å². The summed E-state index contributed by atoms with van der Waals surface area (Å²) in [4.78, 5) is 45.7. The Hall–Kier alpha value is -3.52. The lowest BCUT2D eigenvalue weighted by molar-refractivity contribution is -0.136. The molecule has 3 aliphatic heterocycles. The molecule has 35 heavy (non-hydrogen) atoms. The molecule has 2 saturated heterocycles. The third-order valence-corrected chi connectivity index (χ3v) is 7.85. The van der Waals surface area contributed by atoms with E-state index in [1.807, 2.05) is 18.2 Å². The van der Waals surface area contributed by atoms with Gasteiger partial charge in [-0.3, -0.25) is 24.6 Å². The maximum absolute atomic E-state index is 13.0. The van der Waals surface area contributed by atoms with Crippen molar-refractivity contribution < 1.29 is 14.4 Å². The molecule has 2 fully saturated rings. The number of nitrogens with zero attached hydrogens (tertiary/aromatic N) is 4. The van der Waals surface area contributed by atoms with Gasteiger partial charge in [-0.05, 0) is 67.6 Å². The first-order valence-corrected chi connectivity index (χ1v) is 12.4. The first kappa shape index (κ1) is 22.0. The Morgan fingerprint density at radius 3 is 2.60 bits per heavy atom. The first-order chi connectivity index (χ1) is 17.0. The van der Waals surface area contributed by atoms with Crippen LogP contribution in [0.5, 0.6) is 0 Å². The van der Waals surface area contributed by atoms with Gasteiger partial charge < -0.3 is 9.47 Å². The van der Waals surface area contributed by atoms with Crippen molar-refractivity contribution in [1.29, 1.82) is 0 Å². The number of carbonyl (C=O) groups is 3. The van der Waals surface area contributed by atoms with Crippen molar-refractivity contribution in [2.24, 2.45) is 7.05 Å². The average molecular weight is 472 g/mol. The van der Waals surface area contributed by atoms with Gasteiger partial charge in [0.1, 0.15) is 11.9 Å². The van der Waals surface area contributed by atoms with E-state index in [1.165, 1.54) is 5.56 Å². The number of hydrogen-bond acceptors (Lipinski definition) is 5. The molecule has 0 bridgehead atoms. The number of piperidine rings is 2. The third-order valence-electron chi connectivity index (χ3n) is 7.85. The molecule has 180 valence electrons. The molecule has 0 spiro atoms. The molecule has 3 amide bonds. The van der Waals surface area contributed by atoms with E-state index in [2.05, 4.69) is 46.1 Å². The van der Waals surface area contributed by atoms with Crippen LogP contribution >= 0.6 is 0 Å². The summed E-state index contributed by atoms with van der Waals surface area (Å²) in [6.45, 7) is 3.29. The zero-order chi connectivity index (χ0) is 24.1. The molecule has 3 aliphatic rings. The maximum Gasteiger partial charge on any atom is 0.255 e. The summed E-state index contributed by atoms with van der Waals surface area (Å²) in [5.74, 6) is 0.806. The molecule has 3 aromatic rings. The van der Waals surface area contributed by atoms with Crippen molar-refractivity contribution in [2.75, 3.05) is 13.1 Å². The fourth-order valence-electron chi connectivity index (χ4n) is 5.81. The lowest BCUT2D eigenvalue weighted by Crippen LogP contribution is -2.52. The minimum Gasteiger partial charge on any atom is -0.330 e. The number of imide groups is 1. The molecule has 0 saturated carbocycles. The van der Waals surface area contributed by atoms with Crippen molar-refractivity contribution >= 4 is 28.8 Å². The zero-order valence-corrected chi connectivity index (χ0v) is 19.9. The minimum atomic E-state index is -0.568. The van der Waals surface area contributed by atoms with Gasteiger partial charge in [-0.2, -0.15) is 0 Å². The molecular formula is C27H29N5O3. The van der Waals surface area contributed by atoms with Gasteiger partial charge in [-0.15, -0.1) is 0 Å². The summed E-state index contributed by atoms with van der Waals surface area (Å²) in [6.07, 6.45) is 2.79. The van der Waals surface area contributed by atoms with E-state index in [4.69, 9.17) is 4.98 Å². The Labute approximate surface area is 203 Å². The number of imidazole rings is 1. The number of carbonyl (C=O) groups excluding carboxylic acids is 3. The quantitative estimate of drug-likeness (QED) is 0.592. The van der Waals surface area contributed by atoms with Crippen LogP contribution in [-0.4, -0.2) is 56.2 Å². The lowest BCUT2D eigenvalue weighted by Gasteiger charge is -2.32. The van der Waals surface area contributed by atoms with Crippen LogP contribution in [0.2, 0.25) is 0 Å². The molecule has 6 rings (SSSR count). The number of aromatic nitrogens is 2. The summed E-state index contributed by atoms with van der Waals surface area (Å²) in [5.41, 5.74) is 5.14. The number of amides is 3. The monoisotopic (exact) mass is 471 g/mol. The predicted octanol–water partition coefficient (Wildman–Crippen LogP) is 2.71. The number of nitrogens with one attached hydrogen (secondary N) is 1. The standard InChI is InChI=1S/C27H29N5O3/c1-30-22-5-3-2-4-21(22)28-24(30)16-31-12-10-17(11-13-31)18-6-7-20-19(14-18)15-32(27(20)35)23-8-9-25(33)29-26(23)34/h2-7,14,17,23H,8-13,15-16H2,1H3,(H,29,33,34). The average Bonchev–Trinajstić information content (AvgIpc) is 3.36.